The molecule has 1 amide bonds. The molecule has 0 aliphatic rings. The molecule has 2 N–H and O–H groups in total. The zero-order valence-electron chi connectivity index (χ0n) is 12.5. The van der Waals surface area contributed by atoms with Crippen molar-refractivity contribution in [2.24, 2.45) is 5.92 Å². The van der Waals surface area contributed by atoms with Crippen LogP contribution in [0.15, 0.2) is 24.3 Å². The van der Waals surface area contributed by atoms with Crippen molar-refractivity contribution >= 4 is 11.9 Å². The number of carbonyl (C=O) groups excluding carboxylic acids is 1. The van der Waals surface area contributed by atoms with E-state index in [2.05, 4.69) is 5.32 Å². The van der Waals surface area contributed by atoms with Crippen LogP contribution in [0.2, 0.25) is 0 Å². The Morgan fingerprint density at radius 3 is 2.29 bits per heavy atom. The highest BCUT2D eigenvalue weighted by Crippen LogP contribution is 2.18. The summed E-state index contributed by atoms with van der Waals surface area (Å²) in [6.07, 6.45) is -0.269. The van der Waals surface area contributed by atoms with Gasteiger partial charge < -0.3 is 19.9 Å². The fraction of sp³-hybridized carbons (Fsp3) is 0.467. The normalized spacial score (nSPS) is 13.1. The molecule has 1 aromatic rings. The number of aliphatic carboxylic acids is 1. The monoisotopic (exact) mass is 295 g/mol. The van der Waals surface area contributed by atoms with Gasteiger partial charge in [-0.3, -0.25) is 9.59 Å². The lowest BCUT2D eigenvalue weighted by Gasteiger charge is -2.15. The molecule has 116 valence electrons. The molecule has 2 atom stereocenters. The Bertz CT molecular complexity index is 471. The van der Waals surface area contributed by atoms with Crippen LogP contribution in [-0.4, -0.2) is 36.7 Å². The first kappa shape index (κ1) is 16.8. The molecule has 1 aromatic carbocycles. The number of hydrogen-bond donors (Lipinski definition) is 2. The van der Waals surface area contributed by atoms with Crippen molar-refractivity contribution in [1.82, 2.24) is 5.32 Å². The Morgan fingerprint density at radius 2 is 1.76 bits per heavy atom. The lowest BCUT2D eigenvalue weighted by Crippen LogP contribution is -2.37. The van der Waals surface area contributed by atoms with Gasteiger partial charge >= 0.3 is 5.97 Å². The second kappa shape index (κ2) is 8.14. The van der Waals surface area contributed by atoms with E-state index in [1.807, 2.05) is 0 Å². The molecule has 0 aliphatic heterocycles. The standard InChI is InChI=1S/C15H21NO5/c1-10(15(18)19)8-9-16-14(17)11(2)21-13-6-4-12(20-3)5-7-13/h4-7,10-11H,8-9H2,1-3H3,(H,16,17)(H,18,19). The van der Waals surface area contributed by atoms with Crippen molar-refractivity contribution < 1.29 is 24.2 Å². The van der Waals surface area contributed by atoms with Crippen LogP contribution in [0.25, 0.3) is 0 Å². The van der Waals surface area contributed by atoms with Gasteiger partial charge in [0.2, 0.25) is 0 Å². The molecule has 0 heterocycles. The van der Waals surface area contributed by atoms with E-state index in [1.165, 1.54) is 0 Å². The van der Waals surface area contributed by atoms with Crippen LogP contribution in [0, 0.1) is 5.92 Å². The smallest absolute Gasteiger partial charge is 0.306 e. The van der Waals surface area contributed by atoms with Gasteiger partial charge in [0.25, 0.3) is 5.91 Å². The van der Waals surface area contributed by atoms with Crippen molar-refractivity contribution in [2.45, 2.75) is 26.4 Å². The average molecular weight is 295 g/mol. The minimum atomic E-state index is -0.869. The van der Waals surface area contributed by atoms with Crippen molar-refractivity contribution in [1.29, 1.82) is 0 Å². The van der Waals surface area contributed by atoms with E-state index in [4.69, 9.17) is 14.6 Å². The topological polar surface area (TPSA) is 84.9 Å². The summed E-state index contributed by atoms with van der Waals surface area (Å²) in [5.41, 5.74) is 0. The maximum absolute atomic E-state index is 11.8. The third kappa shape index (κ3) is 5.72. The van der Waals surface area contributed by atoms with E-state index in [0.29, 0.717) is 24.5 Å². The fourth-order valence-corrected chi connectivity index (χ4v) is 1.59. The van der Waals surface area contributed by atoms with E-state index in [1.54, 1.807) is 45.2 Å². The predicted molar refractivity (Wildman–Crippen MR) is 77.5 cm³/mol. The molecule has 1 rings (SSSR count). The van der Waals surface area contributed by atoms with Gasteiger partial charge in [0.1, 0.15) is 11.5 Å². The number of methoxy groups -OCH3 is 1. The number of carboxylic acid groups (broad SMARTS) is 1. The Labute approximate surface area is 124 Å². The maximum atomic E-state index is 11.8. The molecule has 0 aliphatic carbocycles. The maximum Gasteiger partial charge on any atom is 0.306 e. The van der Waals surface area contributed by atoms with Crippen LogP contribution in [0.1, 0.15) is 20.3 Å². The lowest BCUT2D eigenvalue weighted by atomic mass is 10.1. The van der Waals surface area contributed by atoms with E-state index in [0.717, 1.165) is 0 Å². The van der Waals surface area contributed by atoms with Crippen molar-refractivity contribution in [3.8, 4) is 11.5 Å². The van der Waals surface area contributed by atoms with Crippen LogP contribution in [-0.2, 0) is 9.59 Å². The minimum absolute atomic E-state index is 0.275. The summed E-state index contributed by atoms with van der Waals surface area (Å²) in [4.78, 5) is 22.5. The van der Waals surface area contributed by atoms with Gasteiger partial charge in [-0.2, -0.15) is 0 Å². The first-order valence-electron chi connectivity index (χ1n) is 6.75. The summed E-state index contributed by atoms with van der Waals surface area (Å²) in [7, 11) is 1.57. The van der Waals surface area contributed by atoms with Crippen LogP contribution in [0.5, 0.6) is 11.5 Å². The molecular formula is C15H21NO5. The number of benzene rings is 1. The molecule has 0 saturated heterocycles. The van der Waals surface area contributed by atoms with E-state index >= 15 is 0 Å². The molecule has 0 bridgehead atoms. The van der Waals surface area contributed by atoms with Crippen molar-refractivity contribution in [2.75, 3.05) is 13.7 Å². The Balaban J connectivity index is 2.38. The summed E-state index contributed by atoms with van der Waals surface area (Å²) < 4.78 is 10.5. The number of rotatable bonds is 8. The average Bonchev–Trinajstić information content (AvgIpc) is 2.47. The number of carbonyl (C=O) groups is 2. The second-order valence-corrected chi connectivity index (χ2v) is 4.75. The lowest BCUT2D eigenvalue weighted by molar-refractivity contribution is -0.141. The summed E-state index contributed by atoms with van der Waals surface area (Å²) in [6.45, 7) is 3.55. The van der Waals surface area contributed by atoms with Gasteiger partial charge in [0.15, 0.2) is 6.10 Å². The predicted octanol–water partition coefficient (Wildman–Crippen LogP) is 1.69. The van der Waals surface area contributed by atoms with Gasteiger partial charge in [-0.25, -0.2) is 0 Å². The first-order valence-corrected chi connectivity index (χ1v) is 6.75. The molecule has 0 spiro atoms. The first-order chi connectivity index (χ1) is 9.93. The van der Waals surface area contributed by atoms with Gasteiger partial charge in [-0.15, -0.1) is 0 Å². The van der Waals surface area contributed by atoms with Crippen molar-refractivity contribution in [3.63, 3.8) is 0 Å². The van der Waals surface area contributed by atoms with Gasteiger partial charge in [-0.05, 0) is 37.6 Å². The van der Waals surface area contributed by atoms with Crippen LogP contribution >= 0.6 is 0 Å². The quantitative estimate of drug-likeness (QED) is 0.762. The second-order valence-electron chi connectivity index (χ2n) is 4.75. The molecule has 6 nitrogen and oxygen atoms in total. The SMILES string of the molecule is COc1ccc(OC(C)C(=O)NCCC(C)C(=O)O)cc1. The highest BCUT2D eigenvalue weighted by atomic mass is 16.5. The Morgan fingerprint density at radius 1 is 1.19 bits per heavy atom. The number of ether oxygens (including phenoxy) is 2. The minimum Gasteiger partial charge on any atom is -0.497 e. The molecule has 0 saturated carbocycles. The summed E-state index contributed by atoms with van der Waals surface area (Å²) >= 11 is 0. The van der Waals surface area contributed by atoms with Gasteiger partial charge in [0.05, 0.1) is 13.0 Å². The number of hydrogen-bond acceptors (Lipinski definition) is 4. The molecule has 2 unspecified atom stereocenters. The van der Waals surface area contributed by atoms with Crippen molar-refractivity contribution in [3.05, 3.63) is 24.3 Å². The molecular weight excluding hydrogens is 274 g/mol. The van der Waals surface area contributed by atoms with E-state index in [9.17, 15) is 9.59 Å². The summed E-state index contributed by atoms with van der Waals surface area (Å²) in [6, 6.07) is 6.92. The zero-order valence-corrected chi connectivity index (χ0v) is 12.5. The molecule has 6 heteroatoms. The summed E-state index contributed by atoms with van der Waals surface area (Å²) in [5, 5.41) is 11.4. The Hall–Kier alpha value is -2.24. The molecule has 0 radical (unpaired) electrons. The summed E-state index contributed by atoms with van der Waals surface area (Å²) in [5.74, 6) is -0.349. The highest BCUT2D eigenvalue weighted by molar-refractivity contribution is 5.80. The fourth-order valence-electron chi connectivity index (χ4n) is 1.59. The number of amides is 1. The third-order valence-corrected chi connectivity index (χ3v) is 3.04. The van der Waals surface area contributed by atoms with Gasteiger partial charge in [0, 0.05) is 6.54 Å². The largest absolute Gasteiger partial charge is 0.497 e. The zero-order chi connectivity index (χ0) is 15.8. The number of nitrogens with one attached hydrogen (secondary N) is 1. The number of carboxylic acids is 1. The van der Waals surface area contributed by atoms with Crippen LogP contribution < -0.4 is 14.8 Å². The van der Waals surface area contributed by atoms with Gasteiger partial charge in [-0.1, -0.05) is 6.92 Å². The highest BCUT2D eigenvalue weighted by Gasteiger charge is 2.16. The van der Waals surface area contributed by atoms with Crippen LogP contribution in [0.3, 0.4) is 0 Å². The molecule has 0 fully saturated rings. The molecule has 0 aromatic heterocycles. The molecule has 21 heavy (non-hydrogen) atoms. The van der Waals surface area contributed by atoms with E-state index < -0.39 is 18.0 Å². The van der Waals surface area contributed by atoms with Crippen LogP contribution in [0.4, 0.5) is 0 Å². The third-order valence-electron chi connectivity index (χ3n) is 3.04. The Kier molecular flexibility index (Phi) is 6.52. The van der Waals surface area contributed by atoms with E-state index in [-0.39, 0.29) is 5.91 Å².